The quantitative estimate of drug-likeness (QED) is 0.600. The fraction of sp³-hybridized carbons (Fsp3) is 0.524. The smallest absolute Gasteiger partial charge is 0.340 e. The number of imide groups is 1. The van der Waals surface area contributed by atoms with Crippen LogP contribution in [0.1, 0.15) is 56.8 Å². The van der Waals surface area contributed by atoms with Crippen LogP contribution in [0.4, 0.5) is 5.69 Å². The van der Waals surface area contributed by atoms with E-state index in [0.29, 0.717) is 12.8 Å². The van der Waals surface area contributed by atoms with Gasteiger partial charge in [0.05, 0.1) is 23.1 Å². The van der Waals surface area contributed by atoms with E-state index in [1.54, 1.807) is 39.0 Å². The monoisotopic (exact) mass is 371 g/mol. The summed E-state index contributed by atoms with van der Waals surface area (Å²) >= 11 is 0. The van der Waals surface area contributed by atoms with Crippen molar-refractivity contribution in [1.29, 1.82) is 0 Å². The lowest BCUT2D eigenvalue weighted by Crippen LogP contribution is -2.33. The van der Waals surface area contributed by atoms with E-state index >= 15 is 0 Å². The highest BCUT2D eigenvalue weighted by Gasteiger charge is 2.49. The first-order chi connectivity index (χ1) is 12.7. The molecule has 1 saturated carbocycles. The minimum absolute atomic E-state index is 0.125. The molecule has 0 unspecified atom stereocenters. The Hall–Kier alpha value is -2.50. The lowest BCUT2D eigenvalue weighted by Gasteiger charge is -2.19. The second kappa shape index (κ2) is 7.25. The molecular weight excluding hydrogens is 346 g/mol. The van der Waals surface area contributed by atoms with Crippen LogP contribution in [0.15, 0.2) is 24.3 Å². The van der Waals surface area contributed by atoms with Gasteiger partial charge in [-0.05, 0) is 25.0 Å². The summed E-state index contributed by atoms with van der Waals surface area (Å²) in [5.41, 5.74) is -0.245. The van der Waals surface area contributed by atoms with Crippen LogP contribution in [0.2, 0.25) is 0 Å². The highest BCUT2D eigenvalue weighted by Crippen LogP contribution is 2.40. The number of esters is 1. The Labute approximate surface area is 158 Å². The zero-order valence-electron chi connectivity index (χ0n) is 16.0. The summed E-state index contributed by atoms with van der Waals surface area (Å²) < 4.78 is 5.17. The van der Waals surface area contributed by atoms with E-state index in [0.717, 1.165) is 17.7 Å². The van der Waals surface area contributed by atoms with Gasteiger partial charge in [0.15, 0.2) is 12.4 Å². The van der Waals surface area contributed by atoms with Gasteiger partial charge in [-0.3, -0.25) is 14.4 Å². The first kappa shape index (κ1) is 19.3. The van der Waals surface area contributed by atoms with Crippen molar-refractivity contribution in [2.24, 2.45) is 17.3 Å². The third-order valence-electron chi connectivity index (χ3n) is 5.38. The van der Waals surface area contributed by atoms with Crippen molar-refractivity contribution in [3.63, 3.8) is 0 Å². The lowest BCUT2D eigenvalue weighted by molar-refractivity contribution is -0.129. The number of amides is 2. The van der Waals surface area contributed by atoms with Crippen molar-refractivity contribution in [3.8, 4) is 0 Å². The lowest BCUT2D eigenvalue weighted by atomic mass is 9.81. The molecule has 0 bridgehead atoms. The molecular formula is C21H25NO5. The average Bonchev–Trinajstić information content (AvgIpc) is 2.89. The van der Waals surface area contributed by atoms with Crippen molar-refractivity contribution in [2.45, 2.75) is 46.5 Å². The topological polar surface area (TPSA) is 80.8 Å². The van der Waals surface area contributed by atoms with Crippen LogP contribution in [0.5, 0.6) is 0 Å². The summed E-state index contributed by atoms with van der Waals surface area (Å²) in [6.07, 6.45) is 3.29. The molecule has 1 aliphatic heterocycles. The molecule has 1 saturated heterocycles. The molecule has 0 aromatic heterocycles. The molecule has 0 radical (unpaired) electrons. The number of ketones is 1. The van der Waals surface area contributed by atoms with Crippen LogP contribution in [-0.2, 0) is 19.1 Å². The van der Waals surface area contributed by atoms with Gasteiger partial charge in [0.1, 0.15) is 0 Å². The van der Waals surface area contributed by atoms with Crippen molar-refractivity contribution in [2.75, 3.05) is 11.5 Å². The summed E-state index contributed by atoms with van der Waals surface area (Å²) in [6, 6.07) is 6.41. The van der Waals surface area contributed by atoms with E-state index in [2.05, 4.69) is 0 Å². The summed E-state index contributed by atoms with van der Waals surface area (Å²) in [5, 5.41) is 0. The van der Waals surface area contributed by atoms with Gasteiger partial charge in [0, 0.05) is 5.41 Å². The molecule has 0 N–H and O–H groups in total. The number of nitrogens with zero attached hydrogens (tertiary/aromatic N) is 1. The average molecular weight is 371 g/mol. The predicted octanol–water partition coefficient (Wildman–Crippen LogP) is 3.14. The molecule has 144 valence electrons. The second-order valence-electron chi connectivity index (χ2n) is 8.28. The Balaban J connectivity index is 1.84. The van der Waals surface area contributed by atoms with Crippen molar-refractivity contribution in [1.82, 2.24) is 0 Å². The molecule has 3 rings (SSSR count). The number of para-hydroxylation sites is 1. The van der Waals surface area contributed by atoms with Gasteiger partial charge in [0.25, 0.3) is 0 Å². The maximum absolute atomic E-state index is 12.8. The number of hydrogen-bond acceptors (Lipinski definition) is 5. The Morgan fingerprint density at radius 1 is 1.04 bits per heavy atom. The Morgan fingerprint density at radius 3 is 2.15 bits per heavy atom. The van der Waals surface area contributed by atoms with Crippen LogP contribution < -0.4 is 4.90 Å². The number of fused-ring (bicyclic) bond motifs is 1. The van der Waals surface area contributed by atoms with Gasteiger partial charge in [-0.1, -0.05) is 45.7 Å². The number of benzene rings is 1. The number of anilines is 1. The number of hydrogen-bond donors (Lipinski definition) is 0. The van der Waals surface area contributed by atoms with Gasteiger partial charge in [0.2, 0.25) is 11.8 Å². The number of rotatable bonds is 4. The van der Waals surface area contributed by atoms with Crippen LogP contribution in [0, 0.1) is 17.3 Å². The summed E-state index contributed by atoms with van der Waals surface area (Å²) in [6.45, 7) is 4.91. The molecule has 6 nitrogen and oxygen atoms in total. The maximum atomic E-state index is 12.8. The predicted molar refractivity (Wildman–Crippen MR) is 99.1 cm³/mol. The Kier molecular flexibility index (Phi) is 5.18. The molecule has 6 heteroatoms. The van der Waals surface area contributed by atoms with Crippen molar-refractivity contribution >= 4 is 29.3 Å². The number of carbonyl (C=O) groups excluding carboxylic acids is 4. The van der Waals surface area contributed by atoms with Gasteiger partial charge in [-0.15, -0.1) is 0 Å². The van der Waals surface area contributed by atoms with Gasteiger partial charge in [-0.2, -0.15) is 0 Å². The van der Waals surface area contributed by atoms with Crippen LogP contribution in [0.25, 0.3) is 0 Å². The van der Waals surface area contributed by atoms with Crippen LogP contribution in [-0.4, -0.2) is 30.2 Å². The highest BCUT2D eigenvalue weighted by atomic mass is 16.5. The van der Waals surface area contributed by atoms with E-state index in [9.17, 15) is 19.2 Å². The number of Topliss-reactive ketones (excluding diaryl/α,β-unsaturated/α-hetero) is 1. The first-order valence-electron chi connectivity index (χ1n) is 9.39. The maximum Gasteiger partial charge on any atom is 0.340 e. The highest BCUT2D eigenvalue weighted by molar-refractivity contribution is 6.23. The molecule has 1 aromatic rings. The fourth-order valence-electron chi connectivity index (χ4n) is 3.67. The van der Waals surface area contributed by atoms with E-state index < -0.39 is 11.4 Å². The van der Waals surface area contributed by atoms with Gasteiger partial charge in [-0.25, -0.2) is 9.69 Å². The Morgan fingerprint density at radius 2 is 1.59 bits per heavy atom. The molecule has 1 heterocycles. The largest absolute Gasteiger partial charge is 0.454 e. The molecule has 0 spiro atoms. The molecule has 1 aromatic carbocycles. The molecule has 1 aliphatic carbocycles. The molecule has 2 amide bonds. The zero-order chi connectivity index (χ0) is 19.8. The Bertz CT molecular complexity index is 768. The molecule has 2 fully saturated rings. The van der Waals surface area contributed by atoms with Gasteiger partial charge >= 0.3 is 5.97 Å². The molecule has 2 aliphatic rings. The van der Waals surface area contributed by atoms with Crippen LogP contribution >= 0.6 is 0 Å². The third-order valence-corrected chi connectivity index (χ3v) is 5.38. The molecule has 2 atom stereocenters. The minimum atomic E-state index is -0.710. The van der Waals surface area contributed by atoms with E-state index in [-0.39, 0.29) is 47.3 Å². The summed E-state index contributed by atoms with van der Waals surface area (Å²) in [4.78, 5) is 51.4. The second-order valence-corrected chi connectivity index (χ2v) is 8.28. The third kappa shape index (κ3) is 3.66. The summed E-state index contributed by atoms with van der Waals surface area (Å²) in [7, 11) is 0. The number of ether oxygens (including phenoxy) is 1. The van der Waals surface area contributed by atoms with Crippen molar-refractivity contribution < 1.29 is 23.9 Å². The van der Waals surface area contributed by atoms with E-state index in [4.69, 9.17) is 4.74 Å². The van der Waals surface area contributed by atoms with E-state index in [1.807, 2.05) is 0 Å². The minimum Gasteiger partial charge on any atom is -0.454 e. The molecule has 27 heavy (non-hydrogen) atoms. The summed E-state index contributed by atoms with van der Waals surface area (Å²) in [5.74, 6) is -1.98. The first-order valence-corrected chi connectivity index (χ1v) is 9.39. The zero-order valence-corrected chi connectivity index (χ0v) is 16.0. The van der Waals surface area contributed by atoms with E-state index in [1.165, 1.54) is 6.07 Å². The SMILES string of the molecule is CC(C)(C)C(=O)COC(=O)c1ccccc1N1C(=O)[C@@H]2CCCC[C@H]2C1=O. The van der Waals surface area contributed by atoms with Crippen LogP contribution in [0.3, 0.4) is 0 Å². The fourth-order valence-corrected chi connectivity index (χ4v) is 3.67. The standard InChI is InChI=1S/C21H25NO5/c1-21(2,3)17(23)12-27-20(26)15-10-6-7-11-16(15)22-18(24)13-8-4-5-9-14(13)19(22)25/h6-7,10-11,13-14H,4-5,8-9,12H2,1-3H3/t13-,14-/m1/s1. The van der Waals surface area contributed by atoms with Gasteiger partial charge < -0.3 is 4.74 Å². The van der Waals surface area contributed by atoms with Crippen molar-refractivity contribution in [3.05, 3.63) is 29.8 Å². The number of carbonyl (C=O) groups is 4. The normalized spacial score (nSPS) is 22.6.